The van der Waals surface area contributed by atoms with Gasteiger partial charge in [0, 0.05) is 0 Å². The van der Waals surface area contributed by atoms with Gasteiger partial charge in [0.05, 0.1) is 12.8 Å². The molecule has 0 aliphatic heterocycles. The molecule has 0 N–H and O–H groups in total. The maximum Gasteiger partial charge on any atom is 0.356 e. The molecule has 6 nitrogen and oxygen atoms in total. The van der Waals surface area contributed by atoms with E-state index in [0.29, 0.717) is 5.69 Å². The summed E-state index contributed by atoms with van der Waals surface area (Å²) < 4.78 is 11.3. The molecule has 0 fully saturated rings. The van der Waals surface area contributed by atoms with Crippen LogP contribution in [0, 0.1) is 6.92 Å². The maximum absolute atomic E-state index is 12.0. The zero-order valence-corrected chi connectivity index (χ0v) is 12.2. The fourth-order valence-corrected chi connectivity index (χ4v) is 1.56. The van der Waals surface area contributed by atoms with Gasteiger partial charge in [0.2, 0.25) is 0 Å². The van der Waals surface area contributed by atoms with E-state index < -0.39 is 23.6 Å². The topological polar surface area (TPSA) is 70.4 Å². The highest BCUT2D eigenvalue weighted by atomic mass is 16.6. The Hall–Kier alpha value is -1.85. The van der Waals surface area contributed by atoms with Crippen molar-refractivity contribution in [1.29, 1.82) is 0 Å². The second-order valence-electron chi connectivity index (χ2n) is 5.32. The first kappa shape index (κ1) is 15.2. The molecule has 0 radical (unpaired) electrons. The first-order valence-electron chi connectivity index (χ1n) is 6.03. The van der Waals surface area contributed by atoms with E-state index >= 15 is 0 Å². The molecule has 0 aliphatic rings. The minimum Gasteiger partial charge on any atom is -0.464 e. The van der Waals surface area contributed by atoms with Crippen LogP contribution >= 0.6 is 0 Å². The lowest BCUT2D eigenvalue weighted by atomic mass is 10.2. The van der Waals surface area contributed by atoms with Crippen LogP contribution in [0.2, 0.25) is 0 Å². The highest BCUT2D eigenvalue weighted by Gasteiger charge is 2.27. The second kappa shape index (κ2) is 5.42. The van der Waals surface area contributed by atoms with Crippen LogP contribution in [0.3, 0.4) is 0 Å². The van der Waals surface area contributed by atoms with Crippen LogP contribution in [0.15, 0.2) is 6.07 Å². The molecule has 106 valence electrons. The summed E-state index contributed by atoms with van der Waals surface area (Å²) in [4.78, 5) is 23.6. The molecule has 1 rings (SSSR count). The SMILES string of the molecule is COC(=O)c1cc(C)nn1C(C)C(=O)OC(C)(C)C. The maximum atomic E-state index is 12.0. The van der Waals surface area contributed by atoms with Crippen LogP contribution in [0.1, 0.15) is 49.9 Å². The zero-order valence-electron chi connectivity index (χ0n) is 12.2. The Morgan fingerprint density at radius 2 is 1.95 bits per heavy atom. The molecule has 1 aromatic heterocycles. The predicted molar refractivity (Wildman–Crippen MR) is 68.9 cm³/mol. The van der Waals surface area contributed by atoms with E-state index in [4.69, 9.17) is 4.74 Å². The Bertz CT molecular complexity index is 485. The van der Waals surface area contributed by atoms with Crippen LogP contribution in [-0.4, -0.2) is 34.4 Å². The third kappa shape index (κ3) is 3.81. The van der Waals surface area contributed by atoms with Crippen molar-refractivity contribution in [3.8, 4) is 0 Å². The molecule has 0 amide bonds. The van der Waals surface area contributed by atoms with E-state index in [1.165, 1.54) is 11.8 Å². The largest absolute Gasteiger partial charge is 0.464 e. The molecule has 0 aromatic carbocycles. The number of carbonyl (C=O) groups is 2. The quantitative estimate of drug-likeness (QED) is 0.783. The number of aryl methyl sites for hydroxylation is 1. The summed E-state index contributed by atoms with van der Waals surface area (Å²) in [5.41, 5.74) is 0.285. The minimum absolute atomic E-state index is 0.235. The monoisotopic (exact) mass is 268 g/mol. The van der Waals surface area contributed by atoms with Gasteiger partial charge < -0.3 is 9.47 Å². The van der Waals surface area contributed by atoms with E-state index in [9.17, 15) is 9.59 Å². The number of hydrogen-bond donors (Lipinski definition) is 0. The average molecular weight is 268 g/mol. The number of rotatable bonds is 3. The Kier molecular flexibility index (Phi) is 4.34. The number of esters is 2. The molecule has 1 unspecified atom stereocenters. The normalized spacial score (nSPS) is 12.9. The van der Waals surface area contributed by atoms with Crippen LogP contribution in [0.5, 0.6) is 0 Å². The molecular weight excluding hydrogens is 248 g/mol. The van der Waals surface area contributed by atoms with E-state index in [1.54, 1.807) is 40.7 Å². The van der Waals surface area contributed by atoms with Gasteiger partial charge in [0.1, 0.15) is 17.3 Å². The summed E-state index contributed by atoms with van der Waals surface area (Å²) >= 11 is 0. The lowest BCUT2D eigenvalue weighted by Gasteiger charge is -2.22. The van der Waals surface area contributed by atoms with Crippen LogP contribution in [0.25, 0.3) is 0 Å². The highest BCUT2D eigenvalue weighted by molar-refractivity contribution is 5.88. The molecule has 0 spiro atoms. The molecule has 19 heavy (non-hydrogen) atoms. The van der Waals surface area contributed by atoms with Gasteiger partial charge in [-0.1, -0.05) is 0 Å². The predicted octanol–water partition coefficient (Wildman–Crippen LogP) is 1.88. The second-order valence-corrected chi connectivity index (χ2v) is 5.32. The van der Waals surface area contributed by atoms with Crippen molar-refractivity contribution >= 4 is 11.9 Å². The molecule has 0 aliphatic carbocycles. The van der Waals surface area contributed by atoms with E-state index in [2.05, 4.69) is 9.84 Å². The number of nitrogens with zero attached hydrogens (tertiary/aromatic N) is 2. The molecule has 1 heterocycles. The van der Waals surface area contributed by atoms with Gasteiger partial charge >= 0.3 is 11.9 Å². The van der Waals surface area contributed by atoms with E-state index in [0.717, 1.165) is 0 Å². The third-order valence-corrected chi connectivity index (χ3v) is 2.37. The van der Waals surface area contributed by atoms with E-state index in [1.807, 2.05) is 0 Å². The number of carbonyl (C=O) groups excluding carboxylic acids is 2. The smallest absolute Gasteiger partial charge is 0.356 e. The lowest BCUT2D eigenvalue weighted by molar-refractivity contribution is -0.158. The van der Waals surface area contributed by atoms with Crippen LogP contribution in [0.4, 0.5) is 0 Å². The summed E-state index contributed by atoms with van der Waals surface area (Å²) in [6.07, 6.45) is 0. The third-order valence-electron chi connectivity index (χ3n) is 2.37. The van der Waals surface area contributed by atoms with Gasteiger partial charge in [-0.15, -0.1) is 0 Å². The van der Waals surface area contributed by atoms with Gasteiger partial charge in [-0.25, -0.2) is 14.3 Å². The number of ether oxygens (including phenoxy) is 2. The Labute approximate surface area is 112 Å². The summed E-state index contributed by atoms with van der Waals surface area (Å²) in [5.74, 6) is -0.975. The molecular formula is C13H20N2O4. The van der Waals surface area contributed by atoms with Crippen molar-refractivity contribution in [3.63, 3.8) is 0 Å². The van der Waals surface area contributed by atoms with Gasteiger partial charge in [0.15, 0.2) is 0 Å². The summed E-state index contributed by atoms with van der Waals surface area (Å²) in [6, 6.07) is 0.884. The standard InChI is InChI=1S/C13H20N2O4/c1-8-7-10(12(17)18-6)15(14-8)9(2)11(16)19-13(3,4)5/h7,9H,1-6H3. The Balaban J connectivity index is 3.02. The van der Waals surface area contributed by atoms with Gasteiger partial charge in [0.25, 0.3) is 0 Å². The molecule has 1 atom stereocenters. The molecule has 6 heteroatoms. The minimum atomic E-state index is -0.693. The van der Waals surface area contributed by atoms with Crippen LogP contribution in [-0.2, 0) is 14.3 Å². The van der Waals surface area contributed by atoms with Gasteiger partial charge in [-0.05, 0) is 40.7 Å². The Morgan fingerprint density at radius 3 is 2.42 bits per heavy atom. The summed E-state index contributed by atoms with van der Waals surface area (Å²) in [5, 5.41) is 4.15. The number of aromatic nitrogens is 2. The lowest BCUT2D eigenvalue weighted by Crippen LogP contribution is -2.30. The average Bonchev–Trinajstić information content (AvgIpc) is 2.66. The van der Waals surface area contributed by atoms with Gasteiger partial charge in [-0.3, -0.25) is 0 Å². The molecule has 0 saturated carbocycles. The van der Waals surface area contributed by atoms with Crippen molar-refractivity contribution in [3.05, 3.63) is 17.5 Å². The van der Waals surface area contributed by atoms with E-state index in [-0.39, 0.29) is 5.69 Å². The zero-order chi connectivity index (χ0) is 14.8. The van der Waals surface area contributed by atoms with Crippen molar-refractivity contribution in [1.82, 2.24) is 9.78 Å². The summed E-state index contributed by atoms with van der Waals surface area (Å²) in [7, 11) is 1.28. The van der Waals surface area contributed by atoms with Crippen LogP contribution < -0.4 is 0 Å². The van der Waals surface area contributed by atoms with Gasteiger partial charge in [-0.2, -0.15) is 5.10 Å². The summed E-state index contributed by atoms with van der Waals surface area (Å²) in [6.45, 7) is 8.73. The fraction of sp³-hybridized carbons (Fsp3) is 0.615. The Morgan fingerprint density at radius 1 is 1.37 bits per heavy atom. The highest BCUT2D eigenvalue weighted by Crippen LogP contribution is 2.17. The molecule has 1 aromatic rings. The van der Waals surface area contributed by atoms with Crippen molar-refractivity contribution < 1.29 is 19.1 Å². The fourth-order valence-electron chi connectivity index (χ4n) is 1.56. The molecule has 0 saturated heterocycles. The van der Waals surface area contributed by atoms with Crippen molar-refractivity contribution in [2.24, 2.45) is 0 Å². The number of methoxy groups -OCH3 is 1. The molecule has 0 bridgehead atoms. The van der Waals surface area contributed by atoms with Crippen molar-refractivity contribution in [2.45, 2.75) is 46.3 Å². The van der Waals surface area contributed by atoms with Crippen molar-refractivity contribution in [2.75, 3.05) is 7.11 Å². The first-order valence-corrected chi connectivity index (χ1v) is 6.03. The number of hydrogen-bond acceptors (Lipinski definition) is 5. The first-order chi connectivity index (χ1) is 8.65.